The number of rotatable bonds is 9. The predicted octanol–water partition coefficient (Wildman–Crippen LogP) is 4.04. The van der Waals surface area contributed by atoms with Crippen molar-refractivity contribution in [3.8, 4) is 5.75 Å². The van der Waals surface area contributed by atoms with E-state index >= 15 is 0 Å². The fraction of sp³-hybridized carbons (Fsp3) is 0.192. The Morgan fingerprint density at radius 2 is 1.65 bits per heavy atom. The molecular formula is C26H28N6O4S. The molecule has 0 aliphatic heterocycles. The summed E-state index contributed by atoms with van der Waals surface area (Å²) in [6.45, 7) is 3.61. The van der Waals surface area contributed by atoms with Crippen LogP contribution in [0.15, 0.2) is 71.6 Å². The van der Waals surface area contributed by atoms with Crippen LogP contribution >= 0.6 is 0 Å². The Balaban J connectivity index is 1.71. The van der Waals surface area contributed by atoms with Crippen LogP contribution in [-0.2, 0) is 14.8 Å². The summed E-state index contributed by atoms with van der Waals surface area (Å²) in [4.78, 5) is 21.4. The second-order valence-electron chi connectivity index (χ2n) is 8.35. The number of anilines is 4. The van der Waals surface area contributed by atoms with Gasteiger partial charge in [0.25, 0.3) is 10.0 Å². The third-order valence-electron chi connectivity index (χ3n) is 5.74. The maximum Gasteiger partial charge on any atom is 0.263 e. The van der Waals surface area contributed by atoms with Gasteiger partial charge in [-0.1, -0.05) is 24.3 Å². The number of nitrogens with one attached hydrogen (secondary N) is 4. The summed E-state index contributed by atoms with van der Waals surface area (Å²) in [7, 11) is -0.854. The van der Waals surface area contributed by atoms with E-state index < -0.39 is 16.1 Å². The van der Waals surface area contributed by atoms with E-state index in [0.717, 1.165) is 5.56 Å². The van der Waals surface area contributed by atoms with Gasteiger partial charge in [-0.2, -0.15) is 0 Å². The van der Waals surface area contributed by atoms with Gasteiger partial charge in [0.15, 0.2) is 11.6 Å². The average molecular weight is 521 g/mol. The number of carbonyl (C=O) groups is 1. The monoisotopic (exact) mass is 520 g/mol. The van der Waals surface area contributed by atoms with Gasteiger partial charge in [0.05, 0.1) is 29.1 Å². The minimum atomic E-state index is -4.09. The molecule has 37 heavy (non-hydrogen) atoms. The molecule has 1 aromatic heterocycles. The molecule has 1 heterocycles. The molecule has 10 nitrogen and oxygen atoms in total. The number of fused-ring (bicyclic) bond motifs is 1. The second-order valence-corrected chi connectivity index (χ2v) is 10.0. The van der Waals surface area contributed by atoms with Gasteiger partial charge in [0.1, 0.15) is 5.75 Å². The Hall–Kier alpha value is -4.22. The van der Waals surface area contributed by atoms with Gasteiger partial charge in [-0.15, -0.1) is 0 Å². The molecule has 0 saturated carbocycles. The van der Waals surface area contributed by atoms with E-state index in [-0.39, 0.29) is 22.4 Å². The van der Waals surface area contributed by atoms with E-state index in [1.165, 1.54) is 12.1 Å². The van der Waals surface area contributed by atoms with Crippen molar-refractivity contribution in [2.75, 3.05) is 29.5 Å². The second kappa shape index (κ2) is 10.8. The number of aromatic nitrogens is 2. The van der Waals surface area contributed by atoms with E-state index in [1.807, 2.05) is 25.1 Å². The summed E-state index contributed by atoms with van der Waals surface area (Å²) in [5.41, 5.74) is 3.06. The molecular weight excluding hydrogens is 492 g/mol. The summed E-state index contributed by atoms with van der Waals surface area (Å²) < 4.78 is 34.7. The van der Waals surface area contributed by atoms with E-state index in [9.17, 15) is 13.2 Å². The molecule has 3 aromatic carbocycles. The van der Waals surface area contributed by atoms with E-state index in [2.05, 4.69) is 30.6 Å². The van der Waals surface area contributed by atoms with Gasteiger partial charge >= 0.3 is 0 Å². The van der Waals surface area contributed by atoms with Gasteiger partial charge in [0, 0.05) is 17.4 Å². The molecule has 0 aliphatic rings. The zero-order valence-corrected chi connectivity index (χ0v) is 21.7. The number of aryl methyl sites for hydroxylation is 1. The van der Waals surface area contributed by atoms with Crippen LogP contribution in [0.25, 0.3) is 11.0 Å². The molecule has 0 aliphatic carbocycles. The van der Waals surface area contributed by atoms with Crippen molar-refractivity contribution < 1.29 is 17.9 Å². The minimum Gasteiger partial charge on any atom is -0.497 e. The highest BCUT2D eigenvalue weighted by atomic mass is 32.2. The highest BCUT2D eigenvalue weighted by Crippen LogP contribution is 2.30. The third-order valence-corrected chi connectivity index (χ3v) is 7.07. The number of nitrogens with zero attached hydrogens (tertiary/aromatic N) is 2. The lowest BCUT2D eigenvalue weighted by Crippen LogP contribution is -2.35. The van der Waals surface area contributed by atoms with Crippen LogP contribution in [0.5, 0.6) is 5.75 Å². The SMILES string of the molecule is CN[C@H](C)C(=O)Nc1cccc(S(=O)(=O)Nc2nc3ccccc3nc2Nc2cc(OC)ccc2C)c1. The Morgan fingerprint density at radius 1 is 0.946 bits per heavy atom. The van der Waals surface area contributed by atoms with Crippen molar-refractivity contribution in [2.24, 2.45) is 0 Å². The molecule has 4 N–H and O–H groups in total. The Morgan fingerprint density at radius 3 is 2.32 bits per heavy atom. The number of amides is 1. The van der Waals surface area contributed by atoms with E-state index in [4.69, 9.17) is 4.74 Å². The molecule has 0 fully saturated rings. The van der Waals surface area contributed by atoms with E-state index in [0.29, 0.717) is 28.2 Å². The fourth-order valence-corrected chi connectivity index (χ4v) is 4.51. The summed E-state index contributed by atoms with van der Waals surface area (Å²) >= 11 is 0. The van der Waals surface area contributed by atoms with Crippen molar-refractivity contribution in [1.29, 1.82) is 0 Å². The van der Waals surface area contributed by atoms with Gasteiger partial charge in [0.2, 0.25) is 5.91 Å². The van der Waals surface area contributed by atoms with Crippen LogP contribution in [0.2, 0.25) is 0 Å². The van der Waals surface area contributed by atoms with Crippen LogP contribution in [0.4, 0.5) is 23.0 Å². The first-order valence-corrected chi connectivity index (χ1v) is 13.0. The van der Waals surface area contributed by atoms with Crippen LogP contribution in [-0.4, -0.2) is 44.5 Å². The molecule has 0 radical (unpaired) electrons. The first-order chi connectivity index (χ1) is 17.7. The number of para-hydroxylation sites is 2. The number of likely N-dealkylation sites (N-methyl/N-ethyl adjacent to an activating group) is 1. The van der Waals surface area contributed by atoms with Crippen LogP contribution in [0.3, 0.4) is 0 Å². The lowest BCUT2D eigenvalue weighted by atomic mass is 10.2. The van der Waals surface area contributed by atoms with Gasteiger partial charge < -0.3 is 20.7 Å². The van der Waals surface area contributed by atoms with Gasteiger partial charge in [-0.25, -0.2) is 18.4 Å². The zero-order valence-electron chi connectivity index (χ0n) is 20.9. The average Bonchev–Trinajstić information content (AvgIpc) is 2.89. The summed E-state index contributed by atoms with van der Waals surface area (Å²) in [5.74, 6) is 0.603. The summed E-state index contributed by atoms with van der Waals surface area (Å²) in [6.07, 6.45) is 0. The molecule has 192 valence electrons. The lowest BCUT2D eigenvalue weighted by Gasteiger charge is -2.16. The van der Waals surface area contributed by atoms with Crippen molar-refractivity contribution in [1.82, 2.24) is 15.3 Å². The lowest BCUT2D eigenvalue weighted by molar-refractivity contribution is -0.117. The largest absolute Gasteiger partial charge is 0.497 e. The number of hydrogen-bond acceptors (Lipinski definition) is 8. The molecule has 0 spiro atoms. The molecule has 4 aromatic rings. The quantitative estimate of drug-likeness (QED) is 0.260. The molecule has 0 bridgehead atoms. The molecule has 4 rings (SSSR count). The number of ether oxygens (including phenoxy) is 1. The normalized spacial score (nSPS) is 12.1. The van der Waals surface area contributed by atoms with Gasteiger partial charge in [-0.05, 0) is 62.9 Å². The molecule has 0 saturated heterocycles. The Bertz CT molecular complexity index is 1560. The molecule has 0 unspecified atom stereocenters. The number of carbonyl (C=O) groups excluding carboxylic acids is 1. The highest BCUT2D eigenvalue weighted by Gasteiger charge is 2.21. The van der Waals surface area contributed by atoms with Crippen molar-refractivity contribution in [3.05, 3.63) is 72.3 Å². The molecule has 1 atom stereocenters. The molecule has 1 amide bonds. The summed E-state index contributed by atoms with van der Waals surface area (Å²) in [5, 5.41) is 8.74. The topological polar surface area (TPSA) is 134 Å². The van der Waals surface area contributed by atoms with Crippen molar-refractivity contribution >= 4 is 50.0 Å². The summed E-state index contributed by atoms with van der Waals surface area (Å²) in [6, 6.07) is 18.2. The zero-order chi connectivity index (χ0) is 26.6. The minimum absolute atomic E-state index is 0.0270. The maximum atomic E-state index is 13.4. The van der Waals surface area contributed by atoms with Crippen LogP contribution in [0, 0.1) is 6.92 Å². The van der Waals surface area contributed by atoms with Crippen LogP contribution in [0.1, 0.15) is 12.5 Å². The number of hydrogen-bond donors (Lipinski definition) is 4. The smallest absolute Gasteiger partial charge is 0.263 e. The number of benzene rings is 3. The third kappa shape index (κ3) is 5.96. The predicted molar refractivity (Wildman–Crippen MR) is 145 cm³/mol. The van der Waals surface area contributed by atoms with Gasteiger partial charge in [-0.3, -0.25) is 9.52 Å². The Kier molecular flexibility index (Phi) is 7.55. The standard InChI is InChI=1S/C26H28N6O4S/c1-16-12-13-19(36-4)15-23(16)31-24-25(30-22-11-6-5-10-21(22)29-24)32-37(34,35)20-9-7-8-18(14-20)28-26(33)17(2)27-3/h5-15,17,27H,1-4H3,(H,28,33)(H,29,31)(H,30,32)/t17-/m1/s1. The Labute approximate surface area is 215 Å². The van der Waals surface area contributed by atoms with E-state index in [1.54, 1.807) is 57.5 Å². The first kappa shape index (κ1) is 25.9. The number of methoxy groups -OCH3 is 1. The maximum absolute atomic E-state index is 13.4. The van der Waals surface area contributed by atoms with Crippen LogP contribution < -0.4 is 25.4 Å². The number of sulfonamides is 1. The first-order valence-electron chi connectivity index (χ1n) is 11.5. The fourth-order valence-electron chi connectivity index (χ4n) is 3.46. The van der Waals surface area contributed by atoms with Crippen molar-refractivity contribution in [3.63, 3.8) is 0 Å². The highest BCUT2D eigenvalue weighted by molar-refractivity contribution is 7.92. The van der Waals surface area contributed by atoms with Crippen molar-refractivity contribution in [2.45, 2.75) is 24.8 Å². The molecule has 11 heteroatoms.